The molecule has 1 aliphatic heterocycles. The van der Waals surface area contributed by atoms with Gasteiger partial charge < -0.3 is 0 Å². The second-order valence-electron chi connectivity index (χ2n) is 13.9. The maximum absolute atomic E-state index is 12.6. The number of rotatable bonds is 28. The van der Waals surface area contributed by atoms with Crippen LogP contribution in [0.15, 0.2) is 0 Å². The van der Waals surface area contributed by atoms with Crippen molar-refractivity contribution in [1.82, 2.24) is 0 Å². The molecule has 264 valence electrons. The predicted octanol–water partition coefficient (Wildman–Crippen LogP) is 8.72. The minimum atomic E-state index is -4.27. The quantitative estimate of drug-likeness (QED) is 0.0490. The highest BCUT2D eigenvalue weighted by Crippen LogP contribution is 2.33. The van der Waals surface area contributed by atoms with Gasteiger partial charge in [0.05, 0.1) is 13.1 Å². The highest BCUT2D eigenvalue weighted by molar-refractivity contribution is 7.86. The van der Waals surface area contributed by atoms with Gasteiger partial charge >= 0.3 is 20.2 Å². The summed E-state index contributed by atoms with van der Waals surface area (Å²) in [5.74, 6) is 0. The molecule has 44 heavy (non-hydrogen) atoms. The van der Waals surface area contributed by atoms with Gasteiger partial charge in [-0.15, -0.1) is 0 Å². The molecule has 1 rings (SSSR count). The monoisotopic (exact) mass is 668 g/mol. The summed E-state index contributed by atoms with van der Waals surface area (Å²) in [6.07, 6.45) is 24.7. The lowest BCUT2D eigenvalue weighted by Gasteiger charge is -2.53. The van der Waals surface area contributed by atoms with Crippen molar-refractivity contribution < 1.29 is 34.9 Å². The van der Waals surface area contributed by atoms with Gasteiger partial charge in [-0.1, -0.05) is 130 Å². The van der Waals surface area contributed by atoms with Gasteiger partial charge in [0, 0.05) is 12.8 Å². The molecule has 1 fully saturated rings. The van der Waals surface area contributed by atoms with E-state index in [0.717, 1.165) is 38.5 Å². The van der Waals surface area contributed by atoms with Crippen LogP contribution in [0.3, 0.4) is 0 Å². The van der Waals surface area contributed by atoms with E-state index < -0.39 is 31.0 Å². The molecule has 0 bridgehead atoms. The minimum absolute atomic E-state index is 0.298. The average molecular weight is 669 g/mol. The fourth-order valence-electron chi connectivity index (χ4n) is 7.92. The molecule has 1 heterocycles. The molecule has 2 N–H and O–H groups in total. The Hall–Kier alpha value is -0.260. The van der Waals surface area contributed by atoms with Crippen LogP contribution < -0.4 is 0 Å². The second kappa shape index (κ2) is 22.3. The Balaban J connectivity index is 2.86. The Morgan fingerprint density at radius 2 is 0.659 bits per heavy atom. The second-order valence-corrected chi connectivity index (χ2v) is 17.0. The third-order valence-corrected chi connectivity index (χ3v) is 13.4. The standard InChI is InChI=1S/C34H70N2O6S2/c1-5-9-11-13-15-17-19-21-23-25-27-35(33(7-3)43(37,38)39)29-31-36(32-30-35,34(8-4)44(40,41)42)28-26-24-22-20-18-16-14-12-10-6-2/h33-34H,5-32H2,1-4H3/p+2. The number of piperazine rings is 1. The molecule has 0 amide bonds. The van der Waals surface area contributed by atoms with Crippen molar-refractivity contribution in [1.29, 1.82) is 0 Å². The largest absolute Gasteiger partial charge is 0.319 e. The summed E-state index contributed by atoms with van der Waals surface area (Å²) in [4.78, 5) is 0. The lowest BCUT2D eigenvalue weighted by atomic mass is 10.0. The summed E-state index contributed by atoms with van der Waals surface area (Å²) in [5, 5.41) is -1.79. The lowest BCUT2D eigenvalue weighted by molar-refractivity contribution is -1.04. The van der Waals surface area contributed by atoms with Crippen LogP contribution in [0, 0.1) is 0 Å². The third-order valence-electron chi connectivity index (χ3n) is 10.5. The van der Waals surface area contributed by atoms with Crippen LogP contribution in [0.5, 0.6) is 0 Å². The van der Waals surface area contributed by atoms with E-state index in [2.05, 4.69) is 13.8 Å². The zero-order valence-corrected chi connectivity index (χ0v) is 30.8. The zero-order chi connectivity index (χ0) is 33.0. The van der Waals surface area contributed by atoms with Crippen molar-refractivity contribution in [3.05, 3.63) is 0 Å². The van der Waals surface area contributed by atoms with E-state index in [-0.39, 0.29) is 0 Å². The molecule has 0 spiro atoms. The normalized spacial score (nSPS) is 22.7. The summed E-state index contributed by atoms with van der Waals surface area (Å²) in [7, 11) is -8.53. The smallest absolute Gasteiger partial charge is 0.297 e. The van der Waals surface area contributed by atoms with Gasteiger partial charge in [0.2, 0.25) is 10.7 Å². The van der Waals surface area contributed by atoms with E-state index in [4.69, 9.17) is 0 Å². The third kappa shape index (κ3) is 15.1. The van der Waals surface area contributed by atoms with Crippen LogP contribution in [0.2, 0.25) is 0 Å². The maximum Gasteiger partial charge on any atom is 0.319 e. The van der Waals surface area contributed by atoms with E-state index >= 15 is 0 Å². The Kier molecular flexibility index (Phi) is 21.2. The maximum atomic E-state index is 12.6. The molecule has 1 saturated heterocycles. The highest BCUT2D eigenvalue weighted by atomic mass is 32.2. The SMILES string of the molecule is CCCCCCCCCCCC[N+]1(C(CC)S(=O)(=O)O)CC[N+](CCCCCCCCCCCC)(C(CC)S(=O)(=O)O)CC1. The molecular formula is C34H72N2O6S2+2. The summed E-state index contributed by atoms with van der Waals surface area (Å²) in [6.45, 7) is 11.5. The lowest BCUT2D eigenvalue weighted by Crippen LogP contribution is -2.73. The molecule has 0 aromatic carbocycles. The van der Waals surface area contributed by atoms with E-state index in [1.165, 1.54) is 89.9 Å². The number of quaternary nitrogens is 2. The van der Waals surface area contributed by atoms with Crippen LogP contribution in [0.1, 0.15) is 169 Å². The Morgan fingerprint density at radius 3 is 0.864 bits per heavy atom. The molecule has 10 heteroatoms. The van der Waals surface area contributed by atoms with Crippen molar-refractivity contribution in [2.75, 3.05) is 39.3 Å². The predicted molar refractivity (Wildman–Crippen MR) is 185 cm³/mol. The molecule has 8 nitrogen and oxygen atoms in total. The molecule has 2 atom stereocenters. The number of unbranched alkanes of at least 4 members (excludes halogenated alkanes) is 18. The van der Waals surface area contributed by atoms with Crippen molar-refractivity contribution in [3.8, 4) is 0 Å². The molecule has 2 unspecified atom stereocenters. The number of nitrogens with zero attached hydrogens (tertiary/aromatic N) is 2. The number of hydrogen-bond acceptors (Lipinski definition) is 4. The molecule has 1 aliphatic rings. The number of hydrogen-bond donors (Lipinski definition) is 2. The van der Waals surface area contributed by atoms with Crippen LogP contribution >= 0.6 is 0 Å². The summed E-state index contributed by atoms with van der Waals surface area (Å²) in [5.41, 5.74) is 0. The highest BCUT2D eigenvalue weighted by Gasteiger charge is 2.54. The molecule has 0 aliphatic carbocycles. The van der Waals surface area contributed by atoms with E-state index in [1.807, 2.05) is 13.8 Å². The van der Waals surface area contributed by atoms with E-state index in [0.29, 0.717) is 61.1 Å². The summed E-state index contributed by atoms with van der Waals surface area (Å²) >= 11 is 0. The van der Waals surface area contributed by atoms with Crippen LogP contribution in [0.25, 0.3) is 0 Å². The van der Waals surface area contributed by atoms with Crippen molar-refractivity contribution in [2.45, 2.75) is 180 Å². The summed E-state index contributed by atoms with van der Waals surface area (Å²) in [6, 6.07) is 0. The van der Waals surface area contributed by atoms with Gasteiger partial charge in [-0.2, -0.15) is 16.8 Å². The van der Waals surface area contributed by atoms with Crippen LogP contribution in [0.4, 0.5) is 0 Å². The molecule has 0 aromatic heterocycles. The van der Waals surface area contributed by atoms with Crippen molar-refractivity contribution in [3.63, 3.8) is 0 Å². The van der Waals surface area contributed by atoms with Gasteiger partial charge in [-0.25, -0.2) is 0 Å². The van der Waals surface area contributed by atoms with E-state index in [1.54, 1.807) is 0 Å². The van der Waals surface area contributed by atoms with E-state index in [9.17, 15) is 25.9 Å². The van der Waals surface area contributed by atoms with Crippen LogP contribution in [-0.4, -0.2) is 84.9 Å². The van der Waals surface area contributed by atoms with Gasteiger partial charge in [0.1, 0.15) is 26.2 Å². The van der Waals surface area contributed by atoms with Gasteiger partial charge in [0.15, 0.2) is 0 Å². The van der Waals surface area contributed by atoms with Crippen LogP contribution in [-0.2, 0) is 20.2 Å². The fraction of sp³-hybridized carbons (Fsp3) is 1.00. The Labute approximate surface area is 273 Å². The first kappa shape index (κ1) is 41.8. The Bertz CT molecular complexity index is 857. The fourth-order valence-corrected chi connectivity index (χ4v) is 10.5. The topological polar surface area (TPSA) is 109 Å². The first-order chi connectivity index (χ1) is 20.9. The molecule has 0 aromatic rings. The molecule has 0 saturated carbocycles. The van der Waals surface area contributed by atoms with Gasteiger partial charge in [-0.3, -0.25) is 18.1 Å². The average Bonchev–Trinajstić information content (AvgIpc) is 2.95. The summed E-state index contributed by atoms with van der Waals surface area (Å²) < 4.78 is 71.7. The first-order valence-corrected chi connectivity index (χ1v) is 21.6. The Morgan fingerprint density at radius 1 is 0.432 bits per heavy atom. The van der Waals surface area contributed by atoms with Gasteiger partial charge in [0.25, 0.3) is 0 Å². The first-order valence-electron chi connectivity index (χ1n) is 18.6. The zero-order valence-electron chi connectivity index (χ0n) is 29.2. The van der Waals surface area contributed by atoms with Gasteiger partial charge in [-0.05, 0) is 25.7 Å². The van der Waals surface area contributed by atoms with Crippen molar-refractivity contribution in [2.24, 2.45) is 0 Å². The molecule has 0 radical (unpaired) electrons. The molecular weight excluding hydrogens is 597 g/mol. The minimum Gasteiger partial charge on any atom is -0.297 e. The van der Waals surface area contributed by atoms with Crippen molar-refractivity contribution >= 4 is 20.2 Å².